The lowest BCUT2D eigenvalue weighted by Crippen LogP contribution is -2.11. The van der Waals surface area contributed by atoms with Gasteiger partial charge in [0.2, 0.25) is 0 Å². The van der Waals surface area contributed by atoms with E-state index in [0.717, 1.165) is 17.4 Å². The van der Waals surface area contributed by atoms with Gasteiger partial charge in [-0.15, -0.1) is 11.3 Å². The van der Waals surface area contributed by atoms with Crippen LogP contribution in [0.1, 0.15) is 20.9 Å². The summed E-state index contributed by atoms with van der Waals surface area (Å²) in [6.07, 6.45) is -4.55. The number of alkyl halides is 3. The lowest BCUT2D eigenvalue weighted by Gasteiger charge is -2.08. The van der Waals surface area contributed by atoms with Crippen molar-refractivity contribution >= 4 is 62.0 Å². The summed E-state index contributed by atoms with van der Waals surface area (Å²) in [4.78, 5) is 16.5. The number of nitrogens with two attached hydrogens (primary N) is 1. The Kier molecular flexibility index (Phi) is 4.76. The molecule has 0 aliphatic heterocycles. The molecule has 0 spiro atoms. The number of amides is 1. The summed E-state index contributed by atoms with van der Waals surface area (Å²) >= 11 is 12.7. The molecule has 0 aliphatic rings. The highest BCUT2D eigenvalue weighted by Crippen LogP contribution is 2.35. The van der Waals surface area contributed by atoms with Crippen LogP contribution in [0.5, 0.6) is 0 Å². The Morgan fingerprint density at radius 3 is 2.42 bits per heavy atom. The second kappa shape index (κ2) is 6.61. The predicted octanol–water partition coefficient (Wildman–Crippen LogP) is 5.76. The van der Waals surface area contributed by atoms with Crippen molar-refractivity contribution < 1.29 is 18.0 Å². The van der Waals surface area contributed by atoms with Gasteiger partial charge in [-0.05, 0) is 36.8 Å². The van der Waals surface area contributed by atoms with Gasteiger partial charge in [0.15, 0.2) is 0 Å². The second-order valence-corrected chi connectivity index (χ2v) is 7.22. The van der Waals surface area contributed by atoms with Gasteiger partial charge in [0.1, 0.15) is 10.5 Å². The molecule has 2 aromatic heterocycles. The topological polar surface area (TPSA) is 68.0 Å². The van der Waals surface area contributed by atoms with E-state index in [1.165, 1.54) is 18.2 Å². The number of aromatic nitrogens is 1. The Balaban J connectivity index is 1.97. The Bertz CT molecular complexity index is 1010. The van der Waals surface area contributed by atoms with Crippen molar-refractivity contribution in [2.45, 2.75) is 13.1 Å². The van der Waals surface area contributed by atoms with Gasteiger partial charge in [-0.3, -0.25) is 4.79 Å². The average Bonchev–Trinajstić information content (AvgIpc) is 2.88. The molecule has 26 heavy (non-hydrogen) atoms. The number of carbonyl (C=O) groups is 1. The molecule has 0 saturated heterocycles. The Labute approximate surface area is 159 Å². The minimum Gasteiger partial charge on any atom is -0.396 e. The first kappa shape index (κ1) is 18.8. The minimum atomic E-state index is -4.55. The van der Waals surface area contributed by atoms with E-state index in [4.69, 9.17) is 28.9 Å². The molecule has 3 rings (SSSR count). The van der Waals surface area contributed by atoms with Crippen molar-refractivity contribution in [2.24, 2.45) is 0 Å². The third-order valence-electron chi connectivity index (χ3n) is 3.64. The van der Waals surface area contributed by atoms with Crippen LogP contribution < -0.4 is 11.1 Å². The van der Waals surface area contributed by atoms with E-state index in [1.807, 2.05) is 0 Å². The number of nitrogens with one attached hydrogen (secondary N) is 1. The maximum absolute atomic E-state index is 12.8. The number of fused-ring (bicyclic) bond motifs is 1. The number of rotatable bonds is 2. The Morgan fingerprint density at radius 1 is 1.23 bits per heavy atom. The van der Waals surface area contributed by atoms with Crippen LogP contribution in [-0.4, -0.2) is 10.9 Å². The van der Waals surface area contributed by atoms with Crippen molar-refractivity contribution in [3.63, 3.8) is 0 Å². The molecule has 0 unspecified atom stereocenters. The monoisotopic (exact) mass is 419 g/mol. The summed E-state index contributed by atoms with van der Waals surface area (Å²) < 4.78 is 38.4. The first-order chi connectivity index (χ1) is 12.1. The molecular weight excluding hydrogens is 410 g/mol. The minimum absolute atomic E-state index is 0.135. The van der Waals surface area contributed by atoms with Crippen molar-refractivity contribution in [1.29, 1.82) is 0 Å². The second-order valence-electron chi connectivity index (χ2n) is 5.41. The smallest absolute Gasteiger partial charge is 0.396 e. The van der Waals surface area contributed by atoms with Crippen LogP contribution in [-0.2, 0) is 6.18 Å². The number of benzene rings is 1. The van der Waals surface area contributed by atoms with Gasteiger partial charge in [0, 0.05) is 11.1 Å². The molecule has 0 bridgehead atoms. The largest absolute Gasteiger partial charge is 0.433 e. The summed E-state index contributed by atoms with van der Waals surface area (Å²) in [6, 6.07) is 5.07. The molecule has 10 heteroatoms. The molecule has 0 fully saturated rings. The van der Waals surface area contributed by atoms with Crippen molar-refractivity contribution in [1.82, 2.24) is 4.98 Å². The molecule has 136 valence electrons. The van der Waals surface area contributed by atoms with Gasteiger partial charge in [0.25, 0.3) is 5.91 Å². The van der Waals surface area contributed by atoms with E-state index in [9.17, 15) is 18.0 Å². The van der Waals surface area contributed by atoms with Gasteiger partial charge >= 0.3 is 6.18 Å². The van der Waals surface area contributed by atoms with E-state index >= 15 is 0 Å². The number of hydrogen-bond acceptors (Lipinski definition) is 4. The Morgan fingerprint density at radius 2 is 1.85 bits per heavy atom. The van der Waals surface area contributed by atoms with Crippen molar-refractivity contribution in [3.8, 4) is 0 Å². The van der Waals surface area contributed by atoms with Gasteiger partial charge in [0.05, 0.1) is 20.6 Å². The number of aryl methyl sites for hydroxylation is 1. The van der Waals surface area contributed by atoms with Gasteiger partial charge in [-0.1, -0.05) is 23.2 Å². The lowest BCUT2D eigenvalue weighted by atomic mass is 10.1. The third kappa shape index (κ3) is 3.44. The highest BCUT2D eigenvalue weighted by molar-refractivity contribution is 7.20. The fourth-order valence-corrected chi connectivity index (χ4v) is 3.88. The van der Waals surface area contributed by atoms with Crippen LogP contribution in [0.25, 0.3) is 10.2 Å². The summed E-state index contributed by atoms with van der Waals surface area (Å²) in [6.45, 7) is 1.64. The SMILES string of the molecule is Cc1c(C(=O)Nc2cc(Cl)c(N)c(Cl)c2)sc2nc(C(F)(F)F)ccc12. The summed E-state index contributed by atoms with van der Waals surface area (Å²) in [5.41, 5.74) is 5.68. The maximum atomic E-state index is 12.8. The van der Waals surface area contributed by atoms with Gasteiger partial charge in [-0.2, -0.15) is 13.2 Å². The fourth-order valence-electron chi connectivity index (χ4n) is 2.32. The first-order valence-corrected chi connectivity index (χ1v) is 8.68. The fraction of sp³-hybridized carbons (Fsp3) is 0.125. The summed E-state index contributed by atoms with van der Waals surface area (Å²) in [7, 11) is 0. The molecule has 1 amide bonds. The third-order valence-corrected chi connectivity index (χ3v) is 5.46. The van der Waals surface area contributed by atoms with Gasteiger partial charge < -0.3 is 11.1 Å². The van der Waals surface area contributed by atoms with E-state index in [0.29, 0.717) is 16.6 Å². The number of carbonyl (C=O) groups excluding carboxylic acids is 1. The molecule has 0 radical (unpaired) electrons. The summed E-state index contributed by atoms with van der Waals surface area (Å²) in [5.74, 6) is -0.504. The van der Waals surface area contributed by atoms with Gasteiger partial charge in [-0.25, -0.2) is 4.98 Å². The van der Waals surface area contributed by atoms with Crippen LogP contribution in [0.3, 0.4) is 0 Å². The molecule has 0 saturated carbocycles. The standard InChI is InChI=1S/C16H10Cl2F3N3OS/c1-6-8-2-3-11(16(19,20)21)24-15(8)26-13(6)14(25)23-7-4-9(17)12(22)10(18)5-7/h2-5H,22H2,1H3,(H,23,25). The molecule has 3 N–H and O–H groups in total. The van der Waals surface area contributed by atoms with Crippen molar-refractivity contribution in [3.05, 3.63) is 50.4 Å². The zero-order chi connectivity index (χ0) is 19.2. The molecule has 3 aromatic rings. The van der Waals surface area contributed by atoms with Crippen LogP contribution in [0.2, 0.25) is 10.0 Å². The van der Waals surface area contributed by atoms with Crippen LogP contribution in [0.4, 0.5) is 24.5 Å². The van der Waals surface area contributed by atoms with E-state index in [2.05, 4.69) is 10.3 Å². The first-order valence-electron chi connectivity index (χ1n) is 7.11. The lowest BCUT2D eigenvalue weighted by molar-refractivity contribution is -0.140. The molecule has 1 aromatic carbocycles. The number of halogens is 5. The number of thiophene rings is 1. The quantitative estimate of drug-likeness (QED) is 0.518. The molecular formula is C16H10Cl2F3N3OS. The normalized spacial score (nSPS) is 11.8. The zero-order valence-electron chi connectivity index (χ0n) is 13.0. The van der Waals surface area contributed by atoms with E-state index in [1.54, 1.807) is 6.92 Å². The van der Waals surface area contributed by atoms with Crippen LogP contribution in [0, 0.1) is 6.92 Å². The highest BCUT2D eigenvalue weighted by Gasteiger charge is 2.33. The zero-order valence-corrected chi connectivity index (χ0v) is 15.4. The highest BCUT2D eigenvalue weighted by atomic mass is 35.5. The predicted molar refractivity (Wildman–Crippen MR) is 98.2 cm³/mol. The number of anilines is 2. The van der Waals surface area contributed by atoms with Crippen LogP contribution >= 0.6 is 34.5 Å². The van der Waals surface area contributed by atoms with Crippen LogP contribution in [0.15, 0.2) is 24.3 Å². The molecule has 2 heterocycles. The number of hydrogen-bond donors (Lipinski definition) is 2. The maximum Gasteiger partial charge on any atom is 0.433 e. The molecule has 0 aliphatic carbocycles. The molecule has 0 atom stereocenters. The van der Waals surface area contributed by atoms with Crippen molar-refractivity contribution in [2.75, 3.05) is 11.1 Å². The molecule has 4 nitrogen and oxygen atoms in total. The number of nitrogen functional groups attached to an aromatic ring is 1. The van der Waals surface area contributed by atoms with E-state index in [-0.39, 0.29) is 25.4 Å². The summed E-state index contributed by atoms with van der Waals surface area (Å²) in [5, 5.41) is 3.45. The Hall–Kier alpha value is -2.03. The average molecular weight is 420 g/mol. The van der Waals surface area contributed by atoms with E-state index < -0.39 is 17.8 Å². The number of pyridine rings is 1. The number of nitrogens with zero attached hydrogens (tertiary/aromatic N) is 1.